The molecule has 0 bridgehead atoms. The molecular weight excluding hydrogens is 415 g/mol. The van der Waals surface area contributed by atoms with Crippen molar-refractivity contribution in [3.63, 3.8) is 0 Å². The Morgan fingerprint density at radius 1 is 1.37 bits per heavy atom. The van der Waals surface area contributed by atoms with Crippen molar-refractivity contribution in [1.82, 2.24) is 14.3 Å². The molecule has 5 nitrogen and oxygen atoms in total. The smallest absolute Gasteiger partial charge is 0.376 e. The Morgan fingerprint density at radius 2 is 2.20 bits per heavy atom. The average molecular weight is 437 g/mol. The van der Waals surface area contributed by atoms with E-state index >= 15 is 0 Å². The van der Waals surface area contributed by atoms with E-state index in [0.717, 1.165) is 31.4 Å². The number of nitrogens with zero attached hydrogens (tertiary/aromatic N) is 3. The van der Waals surface area contributed by atoms with Crippen LogP contribution in [0.4, 0.5) is 13.2 Å². The number of fused-ring (bicyclic) bond motifs is 1. The quantitative estimate of drug-likeness (QED) is 0.557. The number of rotatable bonds is 5. The summed E-state index contributed by atoms with van der Waals surface area (Å²) < 4.78 is 46.6. The number of hydrogen-bond acceptors (Lipinski definition) is 4. The van der Waals surface area contributed by atoms with Gasteiger partial charge in [-0.25, -0.2) is 4.98 Å². The zero-order valence-electron chi connectivity index (χ0n) is 16.5. The molecule has 3 aromatic rings. The molecule has 9 heteroatoms. The van der Waals surface area contributed by atoms with Gasteiger partial charge in [0.2, 0.25) is 0 Å². The number of imidazole rings is 1. The van der Waals surface area contributed by atoms with Crippen LogP contribution in [0.15, 0.2) is 35.8 Å². The molecule has 0 unspecified atom stereocenters. The Bertz CT molecular complexity index is 1040. The van der Waals surface area contributed by atoms with Crippen LogP contribution < -0.4 is 0 Å². The molecule has 4 rings (SSSR count). The summed E-state index contributed by atoms with van der Waals surface area (Å²) in [6, 6.07) is 5.06. The van der Waals surface area contributed by atoms with Crippen LogP contribution in [0.2, 0.25) is 0 Å². The Hall–Kier alpha value is -2.39. The SMILES string of the molecule is CCCO[C@@H]1CCCN(C(=O)c2csc3nc(-c4cccc(C(F)(F)F)c4)cn23)C1. The molecule has 1 amide bonds. The zero-order chi connectivity index (χ0) is 21.3. The minimum absolute atomic E-state index is 0.0419. The van der Waals surface area contributed by atoms with E-state index in [4.69, 9.17) is 4.74 Å². The first-order valence-corrected chi connectivity index (χ1v) is 10.8. The van der Waals surface area contributed by atoms with E-state index in [2.05, 4.69) is 11.9 Å². The van der Waals surface area contributed by atoms with Crippen LogP contribution in [0, 0.1) is 0 Å². The summed E-state index contributed by atoms with van der Waals surface area (Å²) in [5.74, 6) is -0.112. The van der Waals surface area contributed by atoms with Crippen molar-refractivity contribution in [2.75, 3.05) is 19.7 Å². The van der Waals surface area contributed by atoms with Crippen LogP contribution in [-0.2, 0) is 10.9 Å². The third-order valence-electron chi connectivity index (χ3n) is 5.14. The fourth-order valence-electron chi connectivity index (χ4n) is 3.64. The summed E-state index contributed by atoms with van der Waals surface area (Å²) in [5.41, 5.74) is 0.519. The van der Waals surface area contributed by atoms with Gasteiger partial charge in [0.1, 0.15) is 5.69 Å². The van der Waals surface area contributed by atoms with Crippen molar-refractivity contribution >= 4 is 22.2 Å². The van der Waals surface area contributed by atoms with Gasteiger partial charge in [-0.1, -0.05) is 19.1 Å². The molecule has 1 saturated heterocycles. The van der Waals surface area contributed by atoms with Gasteiger partial charge in [0.25, 0.3) is 5.91 Å². The summed E-state index contributed by atoms with van der Waals surface area (Å²) in [6.45, 7) is 3.94. The van der Waals surface area contributed by atoms with Crippen molar-refractivity contribution in [2.24, 2.45) is 0 Å². The van der Waals surface area contributed by atoms with Gasteiger partial charge in [-0.15, -0.1) is 11.3 Å². The molecule has 1 aromatic carbocycles. The number of benzene rings is 1. The second kappa shape index (κ2) is 8.39. The monoisotopic (exact) mass is 437 g/mol. The second-order valence-corrected chi connectivity index (χ2v) is 8.20. The van der Waals surface area contributed by atoms with Gasteiger partial charge in [0, 0.05) is 36.8 Å². The molecule has 2 aromatic heterocycles. The fourth-order valence-corrected chi connectivity index (χ4v) is 4.48. The summed E-state index contributed by atoms with van der Waals surface area (Å²) in [4.78, 5) is 19.9. The maximum absolute atomic E-state index is 13.1. The lowest BCUT2D eigenvalue weighted by Crippen LogP contribution is -2.43. The van der Waals surface area contributed by atoms with Gasteiger partial charge in [-0.3, -0.25) is 9.20 Å². The lowest BCUT2D eigenvalue weighted by Gasteiger charge is -2.32. The highest BCUT2D eigenvalue weighted by molar-refractivity contribution is 7.15. The predicted octanol–water partition coefficient (Wildman–Crippen LogP) is 5.11. The minimum atomic E-state index is -4.42. The minimum Gasteiger partial charge on any atom is -0.376 e. The molecule has 1 aliphatic rings. The van der Waals surface area contributed by atoms with E-state index in [0.29, 0.717) is 41.6 Å². The molecule has 1 aliphatic heterocycles. The first-order valence-electron chi connectivity index (χ1n) is 9.92. The van der Waals surface area contributed by atoms with Gasteiger partial charge in [0.15, 0.2) is 4.96 Å². The summed E-state index contributed by atoms with van der Waals surface area (Å²) >= 11 is 1.30. The Balaban J connectivity index is 1.58. The van der Waals surface area contributed by atoms with Gasteiger partial charge in [0.05, 0.1) is 17.4 Å². The molecule has 0 aliphatic carbocycles. The van der Waals surface area contributed by atoms with E-state index in [-0.39, 0.29) is 12.0 Å². The Kier molecular flexibility index (Phi) is 5.84. The number of carbonyl (C=O) groups is 1. The van der Waals surface area contributed by atoms with Gasteiger partial charge in [-0.2, -0.15) is 13.2 Å². The Morgan fingerprint density at radius 3 is 2.97 bits per heavy atom. The van der Waals surface area contributed by atoms with Gasteiger partial charge < -0.3 is 9.64 Å². The number of aromatic nitrogens is 2. The van der Waals surface area contributed by atoms with Crippen molar-refractivity contribution in [1.29, 1.82) is 0 Å². The highest BCUT2D eigenvalue weighted by Gasteiger charge is 2.31. The maximum Gasteiger partial charge on any atom is 0.416 e. The van der Waals surface area contributed by atoms with Gasteiger partial charge >= 0.3 is 6.18 Å². The van der Waals surface area contributed by atoms with Crippen molar-refractivity contribution < 1.29 is 22.7 Å². The molecule has 1 fully saturated rings. The lowest BCUT2D eigenvalue weighted by atomic mass is 10.1. The molecule has 1 atom stereocenters. The summed E-state index contributed by atoms with van der Waals surface area (Å²) in [7, 11) is 0. The topological polar surface area (TPSA) is 46.8 Å². The first-order chi connectivity index (χ1) is 14.4. The molecule has 0 saturated carbocycles. The number of piperidine rings is 1. The van der Waals surface area contributed by atoms with Crippen molar-refractivity contribution in [3.05, 3.63) is 47.1 Å². The molecule has 0 N–H and O–H groups in total. The third-order valence-corrected chi connectivity index (χ3v) is 5.98. The summed E-state index contributed by atoms with van der Waals surface area (Å²) in [6.07, 6.45) is 0.00600. The Labute approximate surface area is 176 Å². The van der Waals surface area contributed by atoms with Crippen LogP contribution in [-0.4, -0.2) is 46.0 Å². The fraction of sp³-hybridized carbons (Fsp3) is 0.429. The average Bonchev–Trinajstić information content (AvgIpc) is 3.32. The van der Waals surface area contributed by atoms with Crippen LogP contribution >= 0.6 is 11.3 Å². The molecular formula is C21H22F3N3O2S. The van der Waals surface area contributed by atoms with Gasteiger partial charge in [-0.05, 0) is 31.4 Å². The third kappa shape index (κ3) is 4.22. The van der Waals surface area contributed by atoms with E-state index in [1.807, 2.05) is 0 Å². The summed E-state index contributed by atoms with van der Waals surface area (Å²) in [5, 5.41) is 1.75. The van der Waals surface area contributed by atoms with E-state index in [9.17, 15) is 18.0 Å². The van der Waals surface area contributed by atoms with Crippen LogP contribution in [0.3, 0.4) is 0 Å². The number of halogens is 3. The van der Waals surface area contributed by atoms with Crippen molar-refractivity contribution in [3.8, 4) is 11.3 Å². The molecule has 0 radical (unpaired) electrons. The highest BCUT2D eigenvalue weighted by Crippen LogP contribution is 2.32. The number of amides is 1. The van der Waals surface area contributed by atoms with Crippen LogP contribution in [0.5, 0.6) is 0 Å². The van der Waals surface area contributed by atoms with E-state index in [1.165, 1.54) is 17.4 Å². The van der Waals surface area contributed by atoms with Crippen LogP contribution in [0.1, 0.15) is 42.2 Å². The van der Waals surface area contributed by atoms with Crippen molar-refractivity contribution in [2.45, 2.75) is 38.5 Å². The van der Waals surface area contributed by atoms with E-state index < -0.39 is 11.7 Å². The molecule has 3 heterocycles. The van der Waals surface area contributed by atoms with E-state index in [1.54, 1.807) is 26.9 Å². The number of ether oxygens (including phenoxy) is 1. The maximum atomic E-state index is 13.1. The number of carbonyl (C=O) groups excluding carboxylic acids is 1. The number of thiazole rings is 1. The zero-order valence-corrected chi connectivity index (χ0v) is 17.3. The second-order valence-electron chi connectivity index (χ2n) is 7.36. The lowest BCUT2D eigenvalue weighted by molar-refractivity contribution is -0.137. The largest absolute Gasteiger partial charge is 0.416 e. The molecule has 0 spiro atoms. The normalized spacial score (nSPS) is 17.6. The standard InChI is InChI=1S/C21H22F3N3O2S/c1-2-9-29-16-7-4-8-26(11-16)19(28)18-13-30-20-25-17(12-27(18)20)14-5-3-6-15(10-14)21(22,23)24/h3,5-6,10,12-13,16H,2,4,7-9,11H2,1H3/t16-/m1/s1. The first kappa shape index (κ1) is 20.9. The number of hydrogen-bond donors (Lipinski definition) is 0. The highest BCUT2D eigenvalue weighted by atomic mass is 32.1. The number of likely N-dealkylation sites (tertiary alicyclic amines) is 1. The predicted molar refractivity (Wildman–Crippen MR) is 109 cm³/mol. The molecule has 160 valence electrons. The molecule has 30 heavy (non-hydrogen) atoms. The number of alkyl halides is 3. The van der Waals surface area contributed by atoms with Crippen LogP contribution in [0.25, 0.3) is 16.2 Å².